The number of nitrogens with zero attached hydrogens (tertiary/aromatic N) is 2. The molecule has 7 heteroatoms. The van der Waals surface area contributed by atoms with Crippen LogP contribution in [0.2, 0.25) is 0 Å². The van der Waals surface area contributed by atoms with Crippen LogP contribution in [0.15, 0.2) is 24.4 Å². The van der Waals surface area contributed by atoms with Gasteiger partial charge < -0.3 is 5.11 Å². The molecule has 21 heavy (non-hydrogen) atoms. The summed E-state index contributed by atoms with van der Waals surface area (Å²) in [6.45, 7) is 4.23. The summed E-state index contributed by atoms with van der Waals surface area (Å²) >= 11 is 0. The number of aryl methyl sites for hydroxylation is 1. The predicted octanol–water partition coefficient (Wildman–Crippen LogP) is 3.60. The van der Waals surface area contributed by atoms with E-state index in [2.05, 4.69) is 5.10 Å². The predicted molar refractivity (Wildman–Crippen MR) is 70.0 cm³/mol. The molecule has 1 heterocycles. The van der Waals surface area contributed by atoms with E-state index in [1.807, 2.05) is 6.92 Å². The molecule has 0 aliphatic heterocycles. The van der Waals surface area contributed by atoms with Crippen molar-refractivity contribution in [3.63, 3.8) is 0 Å². The average molecular weight is 298 g/mol. The summed E-state index contributed by atoms with van der Waals surface area (Å²) in [5.74, 6) is -1.60. The first kappa shape index (κ1) is 15.1. The number of rotatable bonds is 3. The zero-order valence-electron chi connectivity index (χ0n) is 11.4. The van der Waals surface area contributed by atoms with Crippen molar-refractivity contribution in [3.05, 3.63) is 41.2 Å². The van der Waals surface area contributed by atoms with Crippen LogP contribution in [-0.4, -0.2) is 20.9 Å². The van der Waals surface area contributed by atoms with Gasteiger partial charge in [0.25, 0.3) is 0 Å². The maximum absolute atomic E-state index is 13.0. The second-order valence-corrected chi connectivity index (χ2v) is 4.52. The molecular formula is C14H13F3N2O2. The van der Waals surface area contributed by atoms with Crippen LogP contribution in [0.3, 0.4) is 0 Å². The summed E-state index contributed by atoms with van der Waals surface area (Å²) in [5.41, 5.74) is -0.333. The normalized spacial score (nSPS) is 11.7. The minimum atomic E-state index is -4.72. The smallest absolute Gasteiger partial charge is 0.417 e. The van der Waals surface area contributed by atoms with Gasteiger partial charge in [0.1, 0.15) is 0 Å². The molecule has 0 saturated heterocycles. The molecule has 0 atom stereocenters. The number of carboxylic acid groups (broad SMARTS) is 1. The van der Waals surface area contributed by atoms with E-state index in [1.54, 1.807) is 11.6 Å². The first-order chi connectivity index (χ1) is 9.75. The second-order valence-electron chi connectivity index (χ2n) is 4.52. The second kappa shape index (κ2) is 5.23. The molecule has 0 aliphatic rings. The molecule has 0 amide bonds. The van der Waals surface area contributed by atoms with Crippen LogP contribution in [0.4, 0.5) is 13.2 Å². The van der Waals surface area contributed by atoms with Gasteiger partial charge in [0, 0.05) is 17.8 Å². The third kappa shape index (κ3) is 2.76. The maximum Gasteiger partial charge on any atom is 0.417 e. The maximum atomic E-state index is 13.0. The third-order valence-corrected chi connectivity index (χ3v) is 3.27. The summed E-state index contributed by atoms with van der Waals surface area (Å²) in [6, 6.07) is 3.19. The van der Waals surface area contributed by atoms with Crippen LogP contribution in [-0.2, 0) is 12.7 Å². The van der Waals surface area contributed by atoms with Gasteiger partial charge in [-0.2, -0.15) is 18.3 Å². The number of benzene rings is 1. The third-order valence-electron chi connectivity index (χ3n) is 3.27. The molecule has 0 bridgehead atoms. The van der Waals surface area contributed by atoms with Crippen molar-refractivity contribution in [2.75, 3.05) is 0 Å². The molecule has 1 aromatic carbocycles. The Morgan fingerprint density at radius 2 is 2.05 bits per heavy atom. The molecule has 112 valence electrons. The van der Waals surface area contributed by atoms with Gasteiger partial charge in [0.05, 0.1) is 17.3 Å². The van der Waals surface area contributed by atoms with Crippen molar-refractivity contribution in [2.24, 2.45) is 0 Å². The lowest BCUT2D eigenvalue weighted by atomic mass is 9.99. The Hall–Kier alpha value is -2.31. The van der Waals surface area contributed by atoms with Gasteiger partial charge in [-0.15, -0.1) is 0 Å². The SMILES string of the molecule is CCn1ncc(-c2ccc(C(=O)O)c(C(F)(F)F)c2)c1C. The number of alkyl halides is 3. The van der Waals surface area contributed by atoms with E-state index >= 15 is 0 Å². The topological polar surface area (TPSA) is 55.1 Å². The highest BCUT2D eigenvalue weighted by Crippen LogP contribution is 2.35. The molecule has 0 fully saturated rings. The Balaban J connectivity index is 2.62. The first-order valence-corrected chi connectivity index (χ1v) is 6.23. The Morgan fingerprint density at radius 3 is 2.52 bits per heavy atom. The van der Waals surface area contributed by atoms with Crippen LogP contribution < -0.4 is 0 Å². The molecule has 0 unspecified atom stereocenters. The molecule has 0 aliphatic carbocycles. The van der Waals surface area contributed by atoms with E-state index in [1.165, 1.54) is 12.3 Å². The Labute approximate surface area is 118 Å². The number of hydrogen-bond acceptors (Lipinski definition) is 2. The minimum absolute atomic E-state index is 0.296. The molecule has 0 spiro atoms. The fourth-order valence-corrected chi connectivity index (χ4v) is 2.18. The average Bonchev–Trinajstić information content (AvgIpc) is 2.78. The fourth-order valence-electron chi connectivity index (χ4n) is 2.18. The van der Waals surface area contributed by atoms with Crippen molar-refractivity contribution in [1.29, 1.82) is 0 Å². The standard InChI is InChI=1S/C14H13F3N2O2/c1-3-19-8(2)11(7-18-19)9-4-5-10(13(20)21)12(6-9)14(15,16)17/h4-7H,3H2,1-2H3,(H,20,21). The van der Waals surface area contributed by atoms with E-state index in [0.29, 0.717) is 17.7 Å². The molecule has 2 aromatic rings. The molecule has 2 rings (SSSR count). The number of aromatic carboxylic acids is 1. The number of carboxylic acids is 1. The van der Waals surface area contributed by atoms with Gasteiger partial charge in [-0.05, 0) is 31.5 Å². The largest absolute Gasteiger partial charge is 0.478 e. The highest BCUT2D eigenvalue weighted by Gasteiger charge is 2.35. The van der Waals surface area contributed by atoms with Crippen LogP contribution >= 0.6 is 0 Å². The summed E-state index contributed by atoms with van der Waals surface area (Å²) in [4.78, 5) is 10.9. The monoisotopic (exact) mass is 298 g/mol. The van der Waals surface area contributed by atoms with Gasteiger partial charge >= 0.3 is 12.1 Å². The molecule has 1 N–H and O–H groups in total. The van der Waals surface area contributed by atoms with Crippen LogP contribution in [0.5, 0.6) is 0 Å². The molecular weight excluding hydrogens is 285 g/mol. The number of halogens is 3. The Morgan fingerprint density at radius 1 is 1.38 bits per heavy atom. The van der Waals surface area contributed by atoms with Gasteiger partial charge in [0.15, 0.2) is 0 Å². The zero-order chi connectivity index (χ0) is 15.8. The van der Waals surface area contributed by atoms with Crippen molar-refractivity contribution in [3.8, 4) is 11.1 Å². The lowest BCUT2D eigenvalue weighted by Gasteiger charge is -2.12. The summed E-state index contributed by atoms with van der Waals surface area (Å²) < 4.78 is 40.6. The van der Waals surface area contributed by atoms with Gasteiger partial charge in [-0.3, -0.25) is 4.68 Å². The molecule has 1 aromatic heterocycles. The van der Waals surface area contributed by atoms with E-state index < -0.39 is 23.3 Å². The van der Waals surface area contributed by atoms with Gasteiger partial charge in [-0.25, -0.2) is 4.79 Å². The van der Waals surface area contributed by atoms with Crippen LogP contribution in [0.25, 0.3) is 11.1 Å². The highest BCUT2D eigenvalue weighted by molar-refractivity contribution is 5.90. The van der Waals surface area contributed by atoms with Crippen LogP contribution in [0, 0.1) is 6.92 Å². The van der Waals surface area contributed by atoms with Crippen molar-refractivity contribution in [2.45, 2.75) is 26.6 Å². The Bertz CT molecular complexity index is 690. The lowest BCUT2D eigenvalue weighted by molar-refractivity contribution is -0.138. The van der Waals surface area contributed by atoms with E-state index in [0.717, 1.165) is 17.8 Å². The molecule has 0 saturated carbocycles. The summed E-state index contributed by atoms with van der Waals surface area (Å²) in [5, 5.41) is 12.9. The number of aromatic nitrogens is 2. The molecule has 0 radical (unpaired) electrons. The lowest BCUT2D eigenvalue weighted by Crippen LogP contribution is -2.13. The minimum Gasteiger partial charge on any atom is -0.478 e. The first-order valence-electron chi connectivity index (χ1n) is 6.23. The zero-order valence-corrected chi connectivity index (χ0v) is 11.4. The summed E-state index contributed by atoms with van der Waals surface area (Å²) in [7, 11) is 0. The summed E-state index contributed by atoms with van der Waals surface area (Å²) in [6.07, 6.45) is -3.24. The number of hydrogen-bond donors (Lipinski definition) is 1. The van der Waals surface area contributed by atoms with E-state index in [9.17, 15) is 18.0 Å². The van der Waals surface area contributed by atoms with Gasteiger partial charge in [-0.1, -0.05) is 6.07 Å². The van der Waals surface area contributed by atoms with E-state index in [-0.39, 0.29) is 0 Å². The Kier molecular flexibility index (Phi) is 3.76. The van der Waals surface area contributed by atoms with Crippen molar-refractivity contribution >= 4 is 5.97 Å². The molecule has 4 nitrogen and oxygen atoms in total. The van der Waals surface area contributed by atoms with Crippen LogP contribution in [0.1, 0.15) is 28.5 Å². The highest BCUT2D eigenvalue weighted by atomic mass is 19.4. The fraction of sp³-hybridized carbons (Fsp3) is 0.286. The van der Waals surface area contributed by atoms with Crippen molar-refractivity contribution in [1.82, 2.24) is 9.78 Å². The number of carbonyl (C=O) groups is 1. The quantitative estimate of drug-likeness (QED) is 0.942. The van der Waals surface area contributed by atoms with Crippen molar-refractivity contribution < 1.29 is 23.1 Å². The van der Waals surface area contributed by atoms with E-state index in [4.69, 9.17) is 5.11 Å². The van der Waals surface area contributed by atoms with Gasteiger partial charge in [0.2, 0.25) is 0 Å².